The fourth-order valence-electron chi connectivity index (χ4n) is 2.47. The summed E-state index contributed by atoms with van der Waals surface area (Å²) in [5.74, 6) is 1.02. The van der Waals surface area contributed by atoms with Crippen LogP contribution in [0.25, 0.3) is 0 Å². The Hall–Kier alpha value is -1.29. The van der Waals surface area contributed by atoms with Gasteiger partial charge >= 0.3 is 0 Å². The average Bonchev–Trinajstić information content (AvgIpc) is 2.98. The van der Waals surface area contributed by atoms with Gasteiger partial charge < -0.3 is 0 Å². The first-order chi connectivity index (χ1) is 10.3. The lowest BCUT2D eigenvalue weighted by molar-refractivity contribution is 0.550. The van der Waals surface area contributed by atoms with Gasteiger partial charge in [-0.25, -0.2) is 4.68 Å². The zero-order chi connectivity index (χ0) is 14.9. The first kappa shape index (κ1) is 16.1. The summed E-state index contributed by atoms with van der Waals surface area (Å²) in [6.45, 7) is 2.24. The molecule has 3 nitrogen and oxygen atoms in total. The fraction of sp³-hybridized carbons (Fsp3) is 0.529. The number of thioether (sulfide) groups is 1. The van der Waals surface area contributed by atoms with Crippen LogP contribution in [-0.4, -0.2) is 27.0 Å². The number of rotatable bonds is 9. The Labute approximate surface area is 132 Å². The van der Waals surface area contributed by atoms with Gasteiger partial charge in [0.15, 0.2) is 0 Å². The molecule has 1 atom stereocenters. The Morgan fingerprint density at radius 1 is 1.14 bits per heavy atom. The highest BCUT2D eigenvalue weighted by Crippen LogP contribution is 2.21. The predicted octanol–water partition coefficient (Wildman–Crippen LogP) is 4.35. The van der Waals surface area contributed by atoms with Crippen LogP contribution >= 0.6 is 11.8 Å². The van der Waals surface area contributed by atoms with Gasteiger partial charge in [0.25, 0.3) is 0 Å². The largest absolute Gasteiger partial charge is 0.244 e. The summed E-state index contributed by atoms with van der Waals surface area (Å²) in [4.78, 5) is 0. The molecule has 0 aliphatic heterocycles. The molecule has 1 unspecified atom stereocenters. The van der Waals surface area contributed by atoms with Crippen LogP contribution in [0.15, 0.2) is 36.5 Å². The Balaban J connectivity index is 2.02. The number of hydrogen-bond donors (Lipinski definition) is 0. The number of aromatic nitrogens is 3. The number of hydrogen-bond acceptors (Lipinski definition) is 3. The average molecular weight is 303 g/mol. The molecule has 1 aromatic carbocycles. The van der Waals surface area contributed by atoms with Gasteiger partial charge in [-0.1, -0.05) is 61.7 Å². The Bertz CT molecular complexity index is 510. The van der Waals surface area contributed by atoms with E-state index < -0.39 is 0 Å². The van der Waals surface area contributed by atoms with Gasteiger partial charge in [0.1, 0.15) is 0 Å². The van der Waals surface area contributed by atoms with Crippen LogP contribution in [0.1, 0.15) is 49.9 Å². The molecule has 0 bridgehead atoms. The van der Waals surface area contributed by atoms with Crippen LogP contribution in [0.4, 0.5) is 0 Å². The van der Waals surface area contributed by atoms with Crippen molar-refractivity contribution in [1.29, 1.82) is 0 Å². The third kappa shape index (κ3) is 4.88. The molecular weight excluding hydrogens is 278 g/mol. The Kier molecular flexibility index (Phi) is 6.80. The van der Waals surface area contributed by atoms with E-state index in [1.54, 1.807) is 0 Å². The fourth-order valence-corrected chi connectivity index (χ4v) is 3.13. The molecule has 0 fully saturated rings. The molecule has 0 N–H and O–H groups in total. The molecule has 2 rings (SSSR count). The van der Waals surface area contributed by atoms with Crippen molar-refractivity contribution in [3.8, 4) is 0 Å². The summed E-state index contributed by atoms with van der Waals surface area (Å²) in [5.41, 5.74) is 2.42. The van der Waals surface area contributed by atoms with E-state index in [-0.39, 0.29) is 6.04 Å². The third-order valence-electron chi connectivity index (χ3n) is 3.67. The Morgan fingerprint density at radius 3 is 2.67 bits per heavy atom. The van der Waals surface area contributed by atoms with Crippen LogP contribution in [0.2, 0.25) is 0 Å². The normalized spacial score (nSPS) is 12.5. The minimum Gasteiger partial charge on any atom is -0.244 e. The molecule has 0 aliphatic carbocycles. The second-order valence-electron chi connectivity index (χ2n) is 5.38. The minimum atomic E-state index is 0.276. The van der Waals surface area contributed by atoms with Crippen molar-refractivity contribution in [3.63, 3.8) is 0 Å². The lowest BCUT2D eigenvalue weighted by Gasteiger charge is -2.16. The van der Waals surface area contributed by atoms with Crippen LogP contribution in [0.5, 0.6) is 0 Å². The minimum absolute atomic E-state index is 0.276. The summed E-state index contributed by atoms with van der Waals surface area (Å²) in [7, 11) is 0. The van der Waals surface area contributed by atoms with E-state index in [0.717, 1.165) is 17.9 Å². The van der Waals surface area contributed by atoms with Crippen molar-refractivity contribution in [1.82, 2.24) is 15.0 Å². The molecule has 0 saturated carbocycles. The molecule has 0 radical (unpaired) electrons. The van der Waals surface area contributed by atoms with Gasteiger partial charge in [-0.3, -0.25) is 0 Å². The van der Waals surface area contributed by atoms with Crippen LogP contribution < -0.4 is 0 Å². The van der Waals surface area contributed by atoms with Gasteiger partial charge in [0.05, 0.1) is 11.7 Å². The van der Waals surface area contributed by atoms with Crippen molar-refractivity contribution in [3.05, 3.63) is 47.8 Å². The molecule has 2 aromatic rings. The van der Waals surface area contributed by atoms with E-state index >= 15 is 0 Å². The molecular formula is C17H25N3S. The summed E-state index contributed by atoms with van der Waals surface area (Å²) in [5, 5.41) is 8.71. The highest BCUT2D eigenvalue weighted by Gasteiger charge is 2.14. The SMILES string of the molecule is CCCCCCc1cn(C(CSC)c2ccccc2)nn1. The summed E-state index contributed by atoms with van der Waals surface area (Å²) >= 11 is 1.84. The van der Waals surface area contributed by atoms with Crippen molar-refractivity contribution >= 4 is 11.8 Å². The van der Waals surface area contributed by atoms with Gasteiger partial charge in [-0.15, -0.1) is 5.10 Å². The third-order valence-corrected chi connectivity index (χ3v) is 4.32. The van der Waals surface area contributed by atoms with Crippen LogP contribution in [-0.2, 0) is 6.42 Å². The highest BCUT2D eigenvalue weighted by molar-refractivity contribution is 7.98. The zero-order valence-corrected chi connectivity index (χ0v) is 13.9. The highest BCUT2D eigenvalue weighted by atomic mass is 32.2. The van der Waals surface area contributed by atoms with Crippen molar-refractivity contribution in [2.75, 3.05) is 12.0 Å². The molecule has 0 saturated heterocycles. The monoisotopic (exact) mass is 303 g/mol. The van der Waals surface area contributed by atoms with Gasteiger partial charge in [0.2, 0.25) is 0 Å². The van der Waals surface area contributed by atoms with E-state index in [9.17, 15) is 0 Å². The van der Waals surface area contributed by atoms with E-state index in [0.29, 0.717) is 0 Å². The first-order valence-electron chi connectivity index (χ1n) is 7.79. The topological polar surface area (TPSA) is 30.7 Å². The molecule has 4 heteroatoms. The number of aryl methyl sites for hydroxylation is 1. The maximum absolute atomic E-state index is 4.36. The summed E-state index contributed by atoms with van der Waals surface area (Å²) in [6.07, 6.45) is 10.4. The second kappa shape index (κ2) is 8.88. The first-order valence-corrected chi connectivity index (χ1v) is 9.19. The van der Waals surface area contributed by atoms with Crippen molar-refractivity contribution < 1.29 is 0 Å². The number of nitrogens with zero attached hydrogens (tertiary/aromatic N) is 3. The van der Waals surface area contributed by atoms with E-state index in [4.69, 9.17) is 0 Å². The van der Waals surface area contributed by atoms with Crippen molar-refractivity contribution in [2.45, 2.75) is 45.1 Å². The predicted molar refractivity (Wildman–Crippen MR) is 90.8 cm³/mol. The lowest BCUT2D eigenvalue weighted by atomic mass is 10.1. The molecule has 114 valence electrons. The van der Waals surface area contributed by atoms with Crippen LogP contribution in [0.3, 0.4) is 0 Å². The van der Waals surface area contributed by atoms with Crippen molar-refractivity contribution in [2.24, 2.45) is 0 Å². The van der Waals surface area contributed by atoms with Gasteiger partial charge in [0, 0.05) is 11.9 Å². The van der Waals surface area contributed by atoms with E-state index in [1.165, 1.54) is 31.2 Å². The summed E-state index contributed by atoms with van der Waals surface area (Å²) in [6, 6.07) is 10.8. The smallest absolute Gasteiger partial charge is 0.0876 e. The molecule has 1 heterocycles. The Morgan fingerprint density at radius 2 is 1.95 bits per heavy atom. The molecule has 0 amide bonds. The van der Waals surface area contributed by atoms with Gasteiger partial charge in [-0.05, 0) is 24.7 Å². The number of unbranched alkanes of at least 4 members (excludes halogenated alkanes) is 3. The maximum Gasteiger partial charge on any atom is 0.0876 e. The zero-order valence-electron chi connectivity index (χ0n) is 13.0. The molecule has 21 heavy (non-hydrogen) atoms. The maximum atomic E-state index is 4.36. The molecule has 0 aliphatic rings. The van der Waals surface area contributed by atoms with Gasteiger partial charge in [-0.2, -0.15) is 11.8 Å². The summed E-state index contributed by atoms with van der Waals surface area (Å²) < 4.78 is 2.03. The quantitative estimate of drug-likeness (QED) is 0.645. The standard InChI is InChI=1S/C17H25N3S/c1-3-4-5-9-12-16-13-20(19-18-16)17(14-21-2)15-10-7-6-8-11-15/h6-8,10-11,13,17H,3-5,9,12,14H2,1-2H3. The van der Waals surface area contributed by atoms with E-state index in [1.807, 2.05) is 16.4 Å². The second-order valence-corrected chi connectivity index (χ2v) is 6.29. The number of benzene rings is 1. The molecule has 0 spiro atoms. The molecule has 1 aromatic heterocycles. The lowest BCUT2D eigenvalue weighted by Crippen LogP contribution is -2.14. The van der Waals surface area contributed by atoms with Crippen LogP contribution in [0, 0.1) is 0 Å². The van der Waals surface area contributed by atoms with E-state index in [2.05, 4.69) is 60.0 Å².